The molecule has 2 rings (SSSR count). The molecule has 16 heavy (non-hydrogen) atoms. The Labute approximate surface area is 99.4 Å². The lowest BCUT2D eigenvalue weighted by Gasteiger charge is -2.09. The Bertz CT molecular complexity index is 448. The molecule has 0 radical (unpaired) electrons. The molecule has 0 bridgehead atoms. The molecular weight excluding hydrogens is 220 g/mol. The standard InChI is InChI=1S/C12H16N2OS/c1-3-10-7-11(14(2)13-10)12(15)6-9-4-5-16-8-9/h4-5,7-8,12,15H,3,6H2,1-2H3. The second-order valence-corrected chi connectivity index (χ2v) is 4.67. The highest BCUT2D eigenvalue weighted by molar-refractivity contribution is 7.07. The molecular formula is C12H16N2OS. The summed E-state index contributed by atoms with van der Waals surface area (Å²) in [4.78, 5) is 0. The van der Waals surface area contributed by atoms with Gasteiger partial charge in [-0.3, -0.25) is 4.68 Å². The predicted octanol–water partition coefficient (Wildman–Crippen LogP) is 2.32. The van der Waals surface area contributed by atoms with Gasteiger partial charge in [-0.1, -0.05) is 6.92 Å². The van der Waals surface area contributed by atoms with Gasteiger partial charge in [0.25, 0.3) is 0 Å². The first kappa shape index (κ1) is 11.4. The van der Waals surface area contributed by atoms with Gasteiger partial charge in [-0.15, -0.1) is 0 Å². The molecule has 2 aromatic heterocycles. The highest BCUT2D eigenvalue weighted by Crippen LogP contribution is 2.20. The third kappa shape index (κ3) is 2.33. The molecule has 0 aromatic carbocycles. The second-order valence-electron chi connectivity index (χ2n) is 3.89. The molecule has 0 aliphatic rings. The summed E-state index contributed by atoms with van der Waals surface area (Å²) in [5.41, 5.74) is 3.10. The second kappa shape index (κ2) is 4.80. The van der Waals surface area contributed by atoms with Gasteiger partial charge in [0.05, 0.1) is 17.5 Å². The molecule has 2 aromatic rings. The van der Waals surface area contributed by atoms with Crippen LogP contribution in [0.15, 0.2) is 22.9 Å². The van der Waals surface area contributed by atoms with Gasteiger partial charge in [-0.05, 0) is 34.9 Å². The molecule has 1 unspecified atom stereocenters. The van der Waals surface area contributed by atoms with Crippen LogP contribution in [0.1, 0.15) is 30.0 Å². The van der Waals surface area contributed by atoms with Gasteiger partial charge >= 0.3 is 0 Å². The molecule has 0 spiro atoms. The van der Waals surface area contributed by atoms with Crippen LogP contribution in [0, 0.1) is 0 Å². The smallest absolute Gasteiger partial charge is 0.0997 e. The monoisotopic (exact) mass is 236 g/mol. The van der Waals surface area contributed by atoms with Crippen LogP contribution in [0.4, 0.5) is 0 Å². The fraction of sp³-hybridized carbons (Fsp3) is 0.417. The summed E-state index contributed by atoms with van der Waals surface area (Å²) in [5.74, 6) is 0. The van der Waals surface area contributed by atoms with Gasteiger partial charge in [-0.2, -0.15) is 16.4 Å². The quantitative estimate of drug-likeness (QED) is 0.884. The molecule has 1 N–H and O–H groups in total. The minimum atomic E-state index is -0.465. The Balaban J connectivity index is 2.14. The summed E-state index contributed by atoms with van der Waals surface area (Å²) in [6, 6.07) is 4.03. The Kier molecular flexibility index (Phi) is 3.41. The summed E-state index contributed by atoms with van der Waals surface area (Å²) in [6.07, 6.45) is 1.10. The predicted molar refractivity (Wildman–Crippen MR) is 65.6 cm³/mol. The van der Waals surface area contributed by atoms with Gasteiger partial charge < -0.3 is 5.11 Å². The van der Waals surface area contributed by atoms with Crippen LogP contribution >= 0.6 is 11.3 Å². The van der Waals surface area contributed by atoms with Gasteiger partial charge in [0.2, 0.25) is 0 Å². The van der Waals surface area contributed by atoms with Crippen LogP contribution in [-0.4, -0.2) is 14.9 Å². The minimum Gasteiger partial charge on any atom is -0.386 e. The van der Waals surface area contributed by atoms with E-state index in [1.807, 2.05) is 24.6 Å². The Hall–Kier alpha value is -1.13. The largest absolute Gasteiger partial charge is 0.386 e. The van der Waals surface area contributed by atoms with Crippen molar-refractivity contribution in [3.8, 4) is 0 Å². The maximum Gasteiger partial charge on any atom is 0.0997 e. The van der Waals surface area contributed by atoms with Crippen molar-refractivity contribution in [1.29, 1.82) is 0 Å². The minimum absolute atomic E-state index is 0.465. The summed E-state index contributed by atoms with van der Waals surface area (Å²) >= 11 is 1.66. The van der Waals surface area contributed by atoms with Crippen LogP contribution < -0.4 is 0 Å². The SMILES string of the molecule is CCc1cc(C(O)Cc2ccsc2)n(C)n1. The number of hydrogen-bond donors (Lipinski definition) is 1. The third-order valence-corrected chi connectivity index (χ3v) is 3.41. The van der Waals surface area contributed by atoms with Crippen molar-refractivity contribution in [3.63, 3.8) is 0 Å². The lowest BCUT2D eigenvalue weighted by atomic mass is 10.1. The summed E-state index contributed by atoms with van der Waals surface area (Å²) < 4.78 is 1.77. The Morgan fingerprint density at radius 2 is 2.38 bits per heavy atom. The molecule has 0 fully saturated rings. The van der Waals surface area contributed by atoms with Crippen molar-refractivity contribution in [3.05, 3.63) is 39.8 Å². The molecule has 86 valence electrons. The molecule has 0 saturated heterocycles. The maximum absolute atomic E-state index is 10.1. The van der Waals surface area contributed by atoms with E-state index >= 15 is 0 Å². The number of hydrogen-bond acceptors (Lipinski definition) is 3. The topological polar surface area (TPSA) is 38.0 Å². The van der Waals surface area contributed by atoms with Crippen molar-refractivity contribution in [2.75, 3.05) is 0 Å². The molecule has 2 heterocycles. The van der Waals surface area contributed by atoms with Gasteiger partial charge in [0.15, 0.2) is 0 Å². The fourth-order valence-corrected chi connectivity index (χ4v) is 2.45. The van der Waals surface area contributed by atoms with Crippen LogP contribution in [0.2, 0.25) is 0 Å². The van der Waals surface area contributed by atoms with E-state index in [0.717, 1.165) is 17.8 Å². The van der Waals surface area contributed by atoms with Crippen LogP contribution in [-0.2, 0) is 19.9 Å². The van der Waals surface area contributed by atoms with Gasteiger partial charge in [0.1, 0.15) is 0 Å². The van der Waals surface area contributed by atoms with E-state index in [9.17, 15) is 5.11 Å². The zero-order valence-electron chi connectivity index (χ0n) is 9.55. The number of nitrogens with zero attached hydrogens (tertiary/aromatic N) is 2. The Morgan fingerprint density at radius 1 is 1.56 bits per heavy atom. The van der Waals surface area contributed by atoms with E-state index in [4.69, 9.17) is 0 Å². The highest BCUT2D eigenvalue weighted by Gasteiger charge is 2.14. The number of aliphatic hydroxyl groups is 1. The normalized spacial score (nSPS) is 12.9. The van der Waals surface area contributed by atoms with Crippen molar-refractivity contribution in [2.45, 2.75) is 25.9 Å². The van der Waals surface area contributed by atoms with Crippen molar-refractivity contribution >= 4 is 11.3 Å². The zero-order valence-corrected chi connectivity index (χ0v) is 10.4. The maximum atomic E-state index is 10.1. The van der Waals surface area contributed by atoms with E-state index in [1.54, 1.807) is 16.0 Å². The fourth-order valence-electron chi connectivity index (χ4n) is 1.76. The molecule has 0 aliphatic carbocycles. The molecule has 3 nitrogen and oxygen atoms in total. The van der Waals surface area contributed by atoms with E-state index in [2.05, 4.69) is 17.4 Å². The summed E-state index contributed by atoms with van der Waals surface area (Å²) in [5, 5.41) is 18.6. The Morgan fingerprint density at radius 3 is 2.94 bits per heavy atom. The average molecular weight is 236 g/mol. The van der Waals surface area contributed by atoms with E-state index in [-0.39, 0.29) is 0 Å². The first-order valence-corrected chi connectivity index (χ1v) is 6.37. The van der Waals surface area contributed by atoms with Crippen molar-refractivity contribution < 1.29 is 5.11 Å². The average Bonchev–Trinajstić information content (AvgIpc) is 2.87. The third-order valence-electron chi connectivity index (χ3n) is 2.68. The lowest BCUT2D eigenvalue weighted by molar-refractivity contribution is 0.168. The summed E-state index contributed by atoms with van der Waals surface area (Å²) in [6.45, 7) is 2.07. The molecule has 1 atom stereocenters. The first-order chi connectivity index (χ1) is 7.70. The van der Waals surface area contributed by atoms with Gasteiger partial charge in [-0.25, -0.2) is 0 Å². The van der Waals surface area contributed by atoms with Crippen LogP contribution in [0.5, 0.6) is 0 Å². The molecule has 0 saturated carbocycles. The number of thiophene rings is 1. The van der Waals surface area contributed by atoms with Crippen molar-refractivity contribution in [2.24, 2.45) is 7.05 Å². The zero-order chi connectivity index (χ0) is 11.5. The highest BCUT2D eigenvalue weighted by atomic mass is 32.1. The van der Waals surface area contributed by atoms with Gasteiger partial charge in [0, 0.05) is 13.5 Å². The van der Waals surface area contributed by atoms with E-state index in [1.165, 1.54) is 5.56 Å². The lowest BCUT2D eigenvalue weighted by Crippen LogP contribution is -2.07. The summed E-state index contributed by atoms with van der Waals surface area (Å²) in [7, 11) is 1.88. The first-order valence-electron chi connectivity index (χ1n) is 5.42. The van der Waals surface area contributed by atoms with E-state index < -0.39 is 6.10 Å². The number of aromatic nitrogens is 2. The number of rotatable bonds is 4. The van der Waals surface area contributed by atoms with Crippen LogP contribution in [0.3, 0.4) is 0 Å². The van der Waals surface area contributed by atoms with Crippen molar-refractivity contribution in [1.82, 2.24) is 9.78 Å². The molecule has 4 heteroatoms. The van der Waals surface area contributed by atoms with E-state index in [0.29, 0.717) is 6.42 Å². The molecule has 0 aliphatic heterocycles. The van der Waals surface area contributed by atoms with Crippen LogP contribution in [0.25, 0.3) is 0 Å². The molecule has 0 amide bonds. The number of aryl methyl sites for hydroxylation is 2. The number of aliphatic hydroxyl groups excluding tert-OH is 1.